The number of fused-ring (bicyclic) bond motifs is 3. The van der Waals surface area contributed by atoms with E-state index in [9.17, 15) is 45.0 Å². The molecule has 3 aliphatic carbocycles. The molecular weight excluding hydrogens is 596 g/mol. The molecule has 3 aromatic rings. The number of methoxy groups -OCH3 is 1. The molecule has 3 aromatic carbocycles. The van der Waals surface area contributed by atoms with Gasteiger partial charge in [0.15, 0.2) is 17.1 Å². The summed E-state index contributed by atoms with van der Waals surface area (Å²) in [5, 5.41) is 64.3. The maximum atomic E-state index is 14.0. The molecule has 11 heteroatoms. The zero-order valence-electron chi connectivity index (χ0n) is 25.0. The van der Waals surface area contributed by atoms with E-state index in [1.165, 1.54) is 20.1 Å². The van der Waals surface area contributed by atoms with Crippen molar-refractivity contribution in [2.75, 3.05) is 7.11 Å². The second-order valence-electron chi connectivity index (χ2n) is 12.3. The number of carboxylic acids is 1. The third kappa shape index (κ3) is 4.62. The first-order chi connectivity index (χ1) is 21.8. The molecule has 0 spiro atoms. The van der Waals surface area contributed by atoms with Crippen molar-refractivity contribution in [1.29, 1.82) is 0 Å². The highest BCUT2D eigenvalue weighted by Gasteiger charge is 2.66. The van der Waals surface area contributed by atoms with Gasteiger partial charge in [-0.25, -0.2) is 4.79 Å². The first-order valence-corrected chi connectivity index (χ1v) is 14.6. The molecule has 0 saturated heterocycles. The number of phenols is 2. The van der Waals surface area contributed by atoms with Crippen LogP contribution in [0.5, 0.6) is 17.2 Å². The summed E-state index contributed by atoms with van der Waals surface area (Å²) in [6, 6.07) is 15.2. The van der Waals surface area contributed by atoms with Crippen LogP contribution in [-0.2, 0) is 38.8 Å². The molecule has 46 heavy (non-hydrogen) atoms. The molecule has 0 aliphatic heterocycles. The maximum Gasteiger partial charge on any atom is 0.342 e. The maximum absolute atomic E-state index is 14.0. The summed E-state index contributed by atoms with van der Waals surface area (Å²) in [5.41, 5.74) is -2.40. The molecule has 3 aliphatic rings. The highest BCUT2D eigenvalue weighted by Crippen LogP contribution is 2.58. The summed E-state index contributed by atoms with van der Waals surface area (Å²) in [7, 11) is 1.51. The average Bonchev–Trinajstić information content (AvgIpc) is 2.99. The normalized spacial score (nSPS) is 23.9. The Bertz CT molecular complexity index is 1890. The minimum absolute atomic E-state index is 0.0364. The largest absolute Gasteiger partial charge is 0.508 e. The van der Waals surface area contributed by atoms with Gasteiger partial charge in [0.25, 0.3) is 0 Å². The lowest BCUT2D eigenvalue weighted by molar-refractivity contribution is -0.161. The van der Waals surface area contributed by atoms with Crippen LogP contribution >= 0.6 is 0 Å². The molecule has 6 N–H and O–H groups in total. The molecule has 238 valence electrons. The number of ether oxygens (including phenoxy) is 2. The predicted molar refractivity (Wildman–Crippen MR) is 163 cm³/mol. The summed E-state index contributed by atoms with van der Waals surface area (Å²) in [6.45, 7) is 1.92. The monoisotopic (exact) mass is 628 g/mol. The van der Waals surface area contributed by atoms with E-state index in [4.69, 9.17) is 9.47 Å². The summed E-state index contributed by atoms with van der Waals surface area (Å²) in [4.78, 5) is 38.5. The van der Waals surface area contributed by atoms with Gasteiger partial charge in [-0.2, -0.15) is 0 Å². The third-order valence-electron chi connectivity index (χ3n) is 9.41. The zero-order chi connectivity index (χ0) is 33.1. The smallest absolute Gasteiger partial charge is 0.342 e. The van der Waals surface area contributed by atoms with E-state index in [0.29, 0.717) is 22.4 Å². The summed E-state index contributed by atoms with van der Waals surface area (Å²) in [5.74, 6) is -6.09. The predicted octanol–water partition coefficient (Wildman–Crippen LogP) is 4.51. The molecule has 0 bridgehead atoms. The number of phenolic OH excluding ortho intramolecular Hbond substituents is 2. The Labute approximate surface area is 263 Å². The van der Waals surface area contributed by atoms with Crippen LogP contribution in [0.4, 0.5) is 0 Å². The van der Waals surface area contributed by atoms with Crippen LogP contribution in [0.2, 0.25) is 0 Å². The van der Waals surface area contributed by atoms with Crippen LogP contribution < -0.4 is 4.74 Å². The minimum Gasteiger partial charge on any atom is -0.508 e. The molecule has 6 rings (SSSR count). The van der Waals surface area contributed by atoms with Crippen LogP contribution in [0.3, 0.4) is 0 Å². The van der Waals surface area contributed by atoms with Gasteiger partial charge in [0.05, 0.1) is 25.9 Å². The van der Waals surface area contributed by atoms with Gasteiger partial charge in [0.1, 0.15) is 28.6 Å². The van der Waals surface area contributed by atoms with E-state index < -0.39 is 58.0 Å². The Balaban J connectivity index is 1.42. The van der Waals surface area contributed by atoms with Gasteiger partial charge in [0, 0.05) is 23.0 Å². The molecule has 0 aromatic heterocycles. The summed E-state index contributed by atoms with van der Waals surface area (Å²) in [6.07, 6.45) is -0.447. The third-order valence-corrected chi connectivity index (χ3v) is 9.41. The topological polar surface area (TPSA) is 191 Å². The number of aliphatic hydroxyl groups excluding tert-OH is 2. The van der Waals surface area contributed by atoms with Gasteiger partial charge in [-0.3, -0.25) is 9.59 Å². The number of rotatable bonds is 7. The number of benzene rings is 3. The lowest BCUT2D eigenvalue weighted by Gasteiger charge is -2.52. The lowest BCUT2D eigenvalue weighted by Crippen LogP contribution is -2.63. The van der Waals surface area contributed by atoms with Crippen molar-refractivity contribution in [3.63, 3.8) is 0 Å². The standard InChI is InChI=1S/C35H32O11/c1-34-13-19-12-23-21(22-11-18(6-9-26(22)45-2)16-46-15-17-4-3-5-20(36)10-17)7-8-24(37)28(23)30(39)27(19)31(40)35(34,44)32(41)29(33(42)43)25(38)14-34/h3-11,19,36-37,39,41,44H,12-16H2,1-2H3,(H,42,43)/t19-,34-,35-/m1/s1. The number of aliphatic carboxylic acids is 1. The molecule has 0 amide bonds. The second-order valence-corrected chi connectivity index (χ2v) is 12.3. The number of ketones is 2. The Hall–Kier alpha value is -5.13. The molecule has 11 nitrogen and oxygen atoms in total. The molecule has 0 heterocycles. The van der Waals surface area contributed by atoms with E-state index in [-0.39, 0.29) is 48.7 Å². The van der Waals surface area contributed by atoms with Crippen molar-refractivity contribution in [2.45, 2.75) is 45.0 Å². The van der Waals surface area contributed by atoms with Crippen molar-refractivity contribution in [3.05, 3.63) is 93.8 Å². The van der Waals surface area contributed by atoms with Gasteiger partial charge in [-0.05, 0) is 71.3 Å². The summed E-state index contributed by atoms with van der Waals surface area (Å²) >= 11 is 0. The zero-order valence-corrected chi connectivity index (χ0v) is 25.0. The highest BCUT2D eigenvalue weighted by atomic mass is 16.5. The van der Waals surface area contributed by atoms with E-state index in [0.717, 1.165) is 11.1 Å². The molecule has 3 atom stereocenters. The Morgan fingerprint density at radius 1 is 0.957 bits per heavy atom. The second kappa shape index (κ2) is 11.0. The first kappa shape index (κ1) is 30.9. The van der Waals surface area contributed by atoms with Crippen LogP contribution in [0.25, 0.3) is 16.9 Å². The van der Waals surface area contributed by atoms with Crippen molar-refractivity contribution < 1.29 is 54.5 Å². The van der Waals surface area contributed by atoms with Gasteiger partial charge in [-0.15, -0.1) is 0 Å². The summed E-state index contributed by atoms with van der Waals surface area (Å²) < 4.78 is 11.5. The molecule has 1 fully saturated rings. The fourth-order valence-electron chi connectivity index (χ4n) is 7.23. The molecule has 0 unspecified atom stereocenters. The number of aliphatic hydroxyl groups is 3. The Kier molecular flexibility index (Phi) is 7.41. The van der Waals surface area contributed by atoms with Crippen molar-refractivity contribution >= 4 is 23.3 Å². The van der Waals surface area contributed by atoms with Gasteiger partial charge in [0.2, 0.25) is 5.78 Å². The van der Waals surface area contributed by atoms with E-state index >= 15 is 0 Å². The number of carbonyl (C=O) groups excluding carboxylic acids is 2. The fraction of sp³-hybridized carbons (Fsp3) is 0.286. The lowest BCUT2D eigenvalue weighted by atomic mass is 9.52. The molecule has 1 saturated carbocycles. The van der Waals surface area contributed by atoms with Crippen molar-refractivity contribution in [1.82, 2.24) is 0 Å². The number of hydrogen-bond donors (Lipinski definition) is 6. The van der Waals surface area contributed by atoms with Crippen molar-refractivity contribution in [2.24, 2.45) is 11.3 Å². The number of carboxylic acid groups (broad SMARTS) is 1. The number of hydrogen-bond acceptors (Lipinski definition) is 10. The number of Topliss-reactive ketones (excluding diaryl/α,β-unsaturated/α-hetero) is 2. The average molecular weight is 629 g/mol. The van der Waals surface area contributed by atoms with E-state index in [1.807, 2.05) is 18.2 Å². The Morgan fingerprint density at radius 3 is 2.35 bits per heavy atom. The quantitative estimate of drug-likeness (QED) is 0.202. The van der Waals surface area contributed by atoms with Gasteiger partial charge in [-0.1, -0.05) is 31.2 Å². The fourth-order valence-corrected chi connectivity index (χ4v) is 7.23. The van der Waals surface area contributed by atoms with E-state index in [1.54, 1.807) is 30.3 Å². The number of aromatic hydroxyl groups is 2. The van der Waals surface area contributed by atoms with Crippen LogP contribution in [-0.4, -0.2) is 60.9 Å². The van der Waals surface area contributed by atoms with Gasteiger partial charge < -0.3 is 40.1 Å². The van der Waals surface area contributed by atoms with E-state index in [2.05, 4.69) is 0 Å². The van der Waals surface area contributed by atoms with Crippen LogP contribution in [0.1, 0.15) is 42.0 Å². The highest BCUT2D eigenvalue weighted by molar-refractivity contribution is 6.21. The minimum atomic E-state index is -2.77. The molecule has 0 radical (unpaired) electrons. The Morgan fingerprint density at radius 2 is 1.67 bits per heavy atom. The van der Waals surface area contributed by atoms with Gasteiger partial charge >= 0.3 is 5.97 Å². The van der Waals surface area contributed by atoms with Crippen LogP contribution in [0.15, 0.2) is 71.5 Å². The van der Waals surface area contributed by atoms with Crippen molar-refractivity contribution in [3.8, 4) is 28.4 Å². The number of carbonyl (C=O) groups is 3. The molecular formula is C35H32O11. The van der Waals surface area contributed by atoms with Crippen LogP contribution in [0, 0.1) is 11.3 Å². The SMILES string of the molecule is COc1ccc(COCc2cccc(O)c2)cc1-c1ccc(O)c2c1C[C@@H]1C[C@]3(C)CC(=O)C(C(=O)O)=C(O)[C@]3(O)C(=O)C1=C2O. The first-order valence-electron chi connectivity index (χ1n) is 14.6.